The largest absolute Gasteiger partial charge is 0.380 e. The number of hydrogen-bond donors (Lipinski definition) is 1. The van der Waals surface area contributed by atoms with Crippen molar-refractivity contribution in [1.82, 2.24) is 14.7 Å². The smallest absolute Gasteiger partial charge is 0.152 e. The molecule has 1 aliphatic rings. The predicted octanol–water partition coefficient (Wildman–Crippen LogP) is 2.06. The highest BCUT2D eigenvalue weighted by Crippen LogP contribution is 2.26. The van der Waals surface area contributed by atoms with Crippen molar-refractivity contribution < 1.29 is 4.74 Å². The zero-order valence-electron chi connectivity index (χ0n) is 12.9. The summed E-state index contributed by atoms with van der Waals surface area (Å²) in [4.78, 5) is 7.19. The Morgan fingerprint density at radius 2 is 2.33 bits per heavy atom. The van der Waals surface area contributed by atoms with Gasteiger partial charge in [0.15, 0.2) is 5.82 Å². The summed E-state index contributed by atoms with van der Waals surface area (Å²) >= 11 is 0. The second kappa shape index (κ2) is 6.45. The summed E-state index contributed by atoms with van der Waals surface area (Å²) < 4.78 is 7.68. The maximum Gasteiger partial charge on any atom is 0.152 e. The first-order chi connectivity index (χ1) is 10.3. The van der Waals surface area contributed by atoms with Crippen molar-refractivity contribution in [3.8, 4) is 0 Å². The fraction of sp³-hybridized carbons (Fsp3) is 0.562. The Morgan fingerprint density at radius 1 is 1.43 bits per heavy atom. The van der Waals surface area contributed by atoms with Crippen LogP contribution in [-0.2, 0) is 11.3 Å². The molecule has 0 amide bonds. The molecule has 0 aromatic carbocycles. The van der Waals surface area contributed by atoms with Crippen LogP contribution in [0.3, 0.4) is 0 Å². The fourth-order valence-electron chi connectivity index (χ4n) is 2.95. The lowest BCUT2D eigenvalue weighted by Crippen LogP contribution is -2.25. The fourth-order valence-corrected chi connectivity index (χ4v) is 2.95. The lowest BCUT2D eigenvalue weighted by atomic mass is 10.3. The third-order valence-electron chi connectivity index (χ3n) is 4.10. The first kappa shape index (κ1) is 14.4. The van der Waals surface area contributed by atoms with Gasteiger partial charge < -0.3 is 19.4 Å². The highest BCUT2D eigenvalue weighted by atomic mass is 16.5. The van der Waals surface area contributed by atoms with E-state index >= 15 is 0 Å². The highest BCUT2D eigenvalue weighted by molar-refractivity contribution is 5.56. The van der Waals surface area contributed by atoms with Crippen LogP contribution in [0.15, 0.2) is 24.4 Å². The number of hydrogen-bond acceptors (Lipinski definition) is 4. The van der Waals surface area contributed by atoms with Gasteiger partial charge in [0.05, 0.1) is 11.8 Å². The number of rotatable bonds is 6. The molecule has 21 heavy (non-hydrogen) atoms. The summed E-state index contributed by atoms with van der Waals surface area (Å²) in [6.07, 6.45) is 4.64. The number of nitrogens with zero attached hydrogens (tertiary/aromatic N) is 3. The molecular formula is C16H24N4O. The maximum atomic E-state index is 5.48. The van der Waals surface area contributed by atoms with Crippen LogP contribution in [0.25, 0.3) is 5.65 Å². The van der Waals surface area contributed by atoms with Crippen LogP contribution in [0.2, 0.25) is 0 Å². The molecule has 5 heteroatoms. The van der Waals surface area contributed by atoms with Gasteiger partial charge in [-0.3, -0.25) is 0 Å². The van der Waals surface area contributed by atoms with Crippen molar-refractivity contribution >= 4 is 11.5 Å². The van der Waals surface area contributed by atoms with Gasteiger partial charge >= 0.3 is 0 Å². The lowest BCUT2D eigenvalue weighted by molar-refractivity contribution is 0.121. The molecular weight excluding hydrogens is 264 g/mol. The molecule has 1 fully saturated rings. The van der Waals surface area contributed by atoms with Gasteiger partial charge in [-0.1, -0.05) is 13.0 Å². The molecule has 3 rings (SSSR count). The minimum atomic E-state index is 0.325. The van der Waals surface area contributed by atoms with E-state index in [9.17, 15) is 0 Å². The summed E-state index contributed by atoms with van der Waals surface area (Å²) in [7, 11) is 1.79. The van der Waals surface area contributed by atoms with Crippen LogP contribution in [0.5, 0.6) is 0 Å². The van der Waals surface area contributed by atoms with E-state index in [1.807, 2.05) is 6.07 Å². The van der Waals surface area contributed by atoms with E-state index in [1.165, 1.54) is 5.69 Å². The van der Waals surface area contributed by atoms with Gasteiger partial charge in [0.1, 0.15) is 5.65 Å². The Balaban J connectivity index is 1.90. The molecule has 1 aliphatic heterocycles. The van der Waals surface area contributed by atoms with Gasteiger partial charge in [-0.2, -0.15) is 0 Å². The number of ether oxygens (including phenoxy) is 1. The van der Waals surface area contributed by atoms with Gasteiger partial charge in [-0.25, -0.2) is 4.98 Å². The lowest BCUT2D eigenvalue weighted by Gasteiger charge is -2.17. The average Bonchev–Trinajstić information content (AvgIpc) is 3.12. The molecule has 0 aliphatic carbocycles. The molecule has 0 radical (unpaired) electrons. The molecule has 5 nitrogen and oxygen atoms in total. The number of aromatic nitrogens is 2. The van der Waals surface area contributed by atoms with Crippen molar-refractivity contribution in [1.29, 1.82) is 0 Å². The number of pyridine rings is 1. The van der Waals surface area contributed by atoms with Gasteiger partial charge in [-0.05, 0) is 31.5 Å². The van der Waals surface area contributed by atoms with Crippen LogP contribution in [0.4, 0.5) is 5.82 Å². The van der Waals surface area contributed by atoms with Crippen LogP contribution >= 0.6 is 0 Å². The van der Waals surface area contributed by atoms with E-state index in [0.717, 1.165) is 50.5 Å². The third kappa shape index (κ3) is 2.89. The van der Waals surface area contributed by atoms with Crippen LogP contribution in [0.1, 0.15) is 25.5 Å². The number of imidazole rings is 1. The zero-order chi connectivity index (χ0) is 14.7. The molecule has 1 saturated heterocycles. The van der Waals surface area contributed by atoms with E-state index < -0.39 is 0 Å². The molecule has 2 aromatic heterocycles. The predicted molar refractivity (Wildman–Crippen MR) is 84.8 cm³/mol. The van der Waals surface area contributed by atoms with Gasteiger partial charge in [0.2, 0.25) is 0 Å². The Labute approximate surface area is 125 Å². The number of anilines is 1. The van der Waals surface area contributed by atoms with E-state index in [2.05, 4.69) is 39.9 Å². The van der Waals surface area contributed by atoms with Crippen LogP contribution < -0.4 is 10.2 Å². The minimum absolute atomic E-state index is 0.325. The number of fused-ring (bicyclic) bond motifs is 1. The molecule has 0 spiro atoms. The van der Waals surface area contributed by atoms with Crippen LogP contribution in [-0.4, -0.2) is 42.2 Å². The minimum Gasteiger partial charge on any atom is -0.380 e. The molecule has 1 unspecified atom stereocenters. The first-order valence-electron chi connectivity index (χ1n) is 7.78. The summed E-state index contributed by atoms with van der Waals surface area (Å²) in [6.45, 7) is 6.01. The van der Waals surface area contributed by atoms with Crippen molar-refractivity contribution in [2.75, 3.05) is 31.6 Å². The summed E-state index contributed by atoms with van der Waals surface area (Å²) in [5, 5.41) is 3.50. The quantitative estimate of drug-likeness (QED) is 0.826. The summed E-state index contributed by atoms with van der Waals surface area (Å²) in [5.41, 5.74) is 2.26. The number of nitrogens with one attached hydrogen (secondary N) is 1. The number of methoxy groups -OCH3 is 1. The van der Waals surface area contributed by atoms with E-state index in [-0.39, 0.29) is 0 Å². The Morgan fingerprint density at radius 3 is 3.10 bits per heavy atom. The van der Waals surface area contributed by atoms with E-state index in [4.69, 9.17) is 9.72 Å². The van der Waals surface area contributed by atoms with Crippen molar-refractivity contribution in [3.05, 3.63) is 30.1 Å². The monoisotopic (exact) mass is 288 g/mol. The molecule has 3 heterocycles. The normalized spacial score (nSPS) is 18.8. The molecule has 2 aromatic rings. The van der Waals surface area contributed by atoms with Gasteiger partial charge in [-0.15, -0.1) is 0 Å². The van der Waals surface area contributed by atoms with E-state index in [1.54, 1.807) is 7.11 Å². The molecule has 0 saturated carbocycles. The topological polar surface area (TPSA) is 41.8 Å². The molecule has 0 bridgehead atoms. The molecule has 1 atom stereocenters. The van der Waals surface area contributed by atoms with E-state index in [0.29, 0.717) is 6.10 Å². The second-order valence-corrected chi connectivity index (χ2v) is 5.58. The van der Waals surface area contributed by atoms with Crippen molar-refractivity contribution in [3.63, 3.8) is 0 Å². The zero-order valence-corrected chi connectivity index (χ0v) is 12.9. The summed E-state index contributed by atoms with van der Waals surface area (Å²) in [5.74, 6) is 1.10. The Kier molecular flexibility index (Phi) is 4.41. The average molecular weight is 288 g/mol. The van der Waals surface area contributed by atoms with Gasteiger partial charge in [0, 0.05) is 32.9 Å². The highest BCUT2D eigenvalue weighted by Gasteiger charge is 2.26. The first-order valence-corrected chi connectivity index (χ1v) is 7.78. The van der Waals surface area contributed by atoms with Crippen LogP contribution in [0, 0.1) is 0 Å². The van der Waals surface area contributed by atoms with Crippen molar-refractivity contribution in [2.45, 2.75) is 32.4 Å². The molecule has 1 N–H and O–H groups in total. The SMILES string of the molecule is CCCNCc1c(N2CCC(OC)C2)nc2ccccn12. The Bertz CT molecular complexity index is 595. The standard InChI is InChI=1S/C16H24N4O/c1-3-8-17-11-14-16(19-10-7-13(12-19)21-2)18-15-6-4-5-9-20(14)15/h4-6,9,13,17H,3,7-8,10-12H2,1-2H3. The Hall–Kier alpha value is -1.59. The maximum absolute atomic E-state index is 5.48. The third-order valence-corrected chi connectivity index (χ3v) is 4.10. The van der Waals surface area contributed by atoms with Crippen molar-refractivity contribution in [2.24, 2.45) is 0 Å². The summed E-state index contributed by atoms with van der Waals surface area (Å²) in [6, 6.07) is 6.16. The molecule has 114 valence electrons. The second-order valence-electron chi connectivity index (χ2n) is 5.58. The van der Waals surface area contributed by atoms with Gasteiger partial charge in [0.25, 0.3) is 0 Å².